The van der Waals surface area contributed by atoms with Gasteiger partial charge in [0.15, 0.2) is 0 Å². The Kier molecular flexibility index (Phi) is 2.92. The zero-order chi connectivity index (χ0) is 13.2. The third kappa shape index (κ3) is 1.96. The molecule has 2 heterocycles. The molecule has 3 nitrogen and oxygen atoms in total. The molecule has 19 heavy (non-hydrogen) atoms. The minimum absolute atomic E-state index is 0.460. The third-order valence-electron chi connectivity index (χ3n) is 3.60. The average molecular weight is 249 g/mol. The van der Waals surface area contributed by atoms with Gasteiger partial charge in [-0.25, -0.2) is 4.98 Å². The Morgan fingerprint density at radius 3 is 2.84 bits per heavy atom. The van der Waals surface area contributed by atoms with Crippen molar-refractivity contribution >= 4 is 5.82 Å². The van der Waals surface area contributed by atoms with Crippen LogP contribution in [0.5, 0.6) is 0 Å². The number of hydrogen-bond donors (Lipinski definition) is 1. The lowest BCUT2D eigenvalue weighted by atomic mass is 9.87. The molecule has 0 radical (unpaired) electrons. The Hall–Kier alpha value is -2.34. The second-order valence-corrected chi connectivity index (χ2v) is 4.77. The summed E-state index contributed by atoms with van der Waals surface area (Å²) in [7, 11) is 0. The molecule has 0 aliphatic heterocycles. The fraction of sp³-hybridized carbons (Fsp3) is 0.250. The van der Waals surface area contributed by atoms with Gasteiger partial charge in [0.25, 0.3) is 0 Å². The van der Waals surface area contributed by atoms with Gasteiger partial charge in [0.05, 0.1) is 5.56 Å². The molecule has 0 spiro atoms. The molecule has 0 amide bonds. The Morgan fingerprint density at radius 1 is 1.26 bits per heavy atom. The lowest BCUT2D eigenvalue weighted by molar-refractivity contribution is 0.670. The van der Waals surface area contributed by atoms with Crippen LogP contribution < -0.4 is 5.73 Å². The highest BCUT2D eigenvalue weighted by atomic mass is 14.9. The summed E-state index contributed by atoms with van der Waals surface area (Å²) in [6, 6.07) is 3.94. The Labute approximate surface area is 112 Å². The molecule has 3 heteroatoms. The standard InChI is InChI=1S/C16H15N3/c1-2-12-15(11-6-5-9-18-10-11)13-7-3-4-8-14(13)19-16(12)17/h1,5-6,9-10H,3-4,7-8H2,(H2,17,19). The van der Waals surface area contributed by atoms with Crippen LogP contribution in [0.2, 0.25) is 0 Å². The first-order valence-electron chi connectivity index (χ1n) is 6.49. The van der Waals surface area contributed by atoms with Crippen LogP contribution in [0.1, 0.15) is 29.7 Å². The first-order chi connectivity index (χ1) is 9.31. The molecule has 94 valence electrons. The minimum atomic E-state index is 0.460. The molecule has 0 saturated carbocycles. The molecule has 2 aromatic rings. The van der Waals surface area contributed by atoms with Gasteiger partial charge in [-0.3, -0.25) is 4.98 Å². The van der Waals surface area contributed by atoms with Crippen molar-refractivity contribution in [1.82, 2.24) is 9.97 Å². The summed E-state index contributed by atoms with van der Waals surface area (Å²) < 4.78 is 0. The molecular weight excluding hydrogens is 234 g/mol. The van der Waals surface area contributed by atoms with E-state index in [1.807, 2.05) is 18.3 Å². The lowest BCUT2D eigenvalue weighted by Gasteiger charge is -2.21. The van der Waals surface area contributed by atoms with Gasteiger partial charge in [-0.1, -0.05) is 12.0 Å². The monoisotopic (exact) mass is 249 g/mol. The second-order valence-electron chi connectivity index (χ2n) is 4.77. The number of nitrogens with two attached hydrogens (primary N) is 1. The van der Waals surface area contributed by atoms with Crippen molar-refractivity contribution < 1.29 is 0 Å². The van der Waals surface area contributed by atoms with E-state index in [-0.39, 0.29) is 0 Å². The molecule has 2 aromatic heterocycles. The van der Waals surface area contributed by atoms with Crippen molar-refractivity contribution in [3.63, 3.8) is 0 Å². The van der Waals surface area contributed by atoms with E-state index >= 15 is 0 Å². The summed E-state index contributed by atoms with van der Waals surface area (Å²) in [6.45, 7) is 0. The highest BCUT2D eigenvalue weighted by Gasteiger charge is 2.20. The van der Waals surface area contributed by atoms with Gasteiger partial charge in [0.1, 0.15) is 5.82 Å². The van der Waals surface area contributed by atoms with E-state index in [4.69, 9.17) is 12.2 Å². The second kappa shape index (κ2) is 4.74. The van der Waals surface area contributed by atoms with Gasteiger partial charge in [0.2, 0.25) is 0 Å². The zero-order valence-corrected chi connectivity index (χ0v) is 10.7. The van der Waals surface area contributed by atoms with Crippen LogP contribution in [0.3, 0.4) is 0 Å². The van der Waals surface area contributed by atoms with Gasteiger partial charge >= 0.3 is 0 Å². The van der Waals surface area contributed by atoms with Crippen LogP contribution in [0.25, 0.3) is 11.1 Å². The number of nitrogen functional groups attached to an aromatic ring is 1. The van der Waals surface area contributed by atoms with E-state index in [9.17, 15) is 0 Å². The maximum Gasteiger partial charge on any atom is 0.140 e. The summed E-state index contributed by atoms with van der Waals surface area (Å²) in [5, 5.41) is 0. The SMILES string of the molecule is C#Cc1c(N)nc2c(c1-c1cccnc1)CCCC2. The smallest absolute Gasteiger partial charge is 0.140 e. The van der Waals surface area contributed by atoms with Gasteiger partial charge < -0.3 is 5.73 Å². The van der Waals surface area contributed by atoms with Gasteiger partial charge in [-0.05, 0) is 37.3 Å². The molecule has 2 N–H and O–H groups in total. The number of aryl methyl sites for hydroxylation is 1. The predicted octanol–water partition coefficient (Wildman–Crippen LogP) is 2.59. The zero-order valence-electron chi connectivity index (χ0n) is 10.7. The van der Waals surface area contributed by atoms with E-state index < -0.39 is 0 Å². The highest BCUT2D eigenvalue weighted by molar-refractivity contribution is 5.79. The van der Waals surface area contributed by atoms with Crippen LogP contribution >= 0.6 is 0 Å². The topological polar surface area (TPSA) is 51.8 Å². The quantitative estimate of drug-likeness (QED) is 0.790. The van der Waals surface area contributed by atoms with Gasteiger partial charge in [-0.2, -0.15) is 0 Å². The Morgan fingerprint density at radius 2 is 2.11 bits per heavy atom. The number of anilines is 1. The van der Waals surface area contributed by atoms with Crippen LogP contribution in [-0.2, 0) is 12.8 Å². The van der Waals surface area contributed by atoms with E-state index in [0.717, 1.165) is 29.7 Å². The fourth-order valence-corrected chi connectivity index (χ4v) is 2.74. The highest BCUT2D eigenvalue weighted by Crippen LogP contribution is 2.35. The summed E-state index contributed by atoms with van der Waals surface area (Å²) in [5.41, 5.74) is 11.2. The van der Waals surface area contributed by atoms with Crippen LogP contribution in [0, 0.1) is 12.3 Å². The molecule has 0 saturated heterocycles. The fourth-order valence-electron chi connectivity index (χ4n) is 2.74. The number of pyridine rings is 2. The molecule has 0 atom stereocenters. The number of terminal acetylenes is 1. The Bertz CT molecular complexity index is 654. The lowest BCUT2D eigenvalue weighted by Crippen LogP contribution is -2.11. The normalized spacial score (nSPS) is 13.6. The van der Waals surface area contributed by atoms with Crippen LogP contribution in [-0.4, -0.2) is 9.97 Å². The third-order valence-corrected chi connectivity index (χ3v) is 3.60. The number of aromatic nitrogens is 2. The van der Waals surface area contributed by atoms with Crippen molar-refractivity contribution in [2.45, 2.75) is 25.7 Å². The average Bonchev–Trinajstić information content (AvgIpc) is 2.46. The first kappa shape index (κ1) is 11.7. The minimum Gasteiger partial charge on any atom is -0.383 e. The molecule has 0 fully saturated rings. The van der Waals surface area contributed by atoms with E-state index in [1.165, 1.54) is 18.4 Å². The van der Waals surface area contributed by atoms with Crippen molar-refractivity contribution in [3.8, 4) is 23.5 Å². The maximum absolute atomic E-state index is 6.02. The first-order valence-corrected chi connectivity index (χ1v) is 6.49. The molecule has 0 aromatic carbocycles. The number of fused-ring (bicyclic) bond motifs is 1. The van der Waals surface area contributed by atoms with Crippen molar-refractivity contribution in [1.29, 1.82) is 0 Å². The summed E-state index contributed by atoms with van der Waals surface area (Å²) in [5.74, 6) is 3.16. The number of rotatable bonds is 1. The predicted molar refractivity (Wildman–Crippen MR) is 76.5 cm³/mol. The van der Waals surface area contributed by atoms with Crippen LogP contribution in [0.15, 0.2) is 24.5 Å². The summed E-state index contributed by atoms with van der Waals surface area (Å²) in [6.07, 6.45) is 13.6. The Balaban J connectivity index is 2.32. The molecule has 1 aliphatic rings. The summed E-state index contributed by atoms with van der Waals surface area (Å²) in [4.78, 5) is 8.67. The number of nitrogens with zero attached hydrogens (tertiary/aromatic N) is 2. The van der Waals surface area contributed by atoms with Crippen molar-refractivity contribution in [3.05, 3.63) is 41.3 Å². The molecule has 0 bridgehead atoms. The van der Waals surface area contributed by atoms with Gasteiger partial charge in [0, 0.05) is 29.2 Å². The maximum atomic E-state index is 6.02. The molecule has 1 aliphatic carbocycles. The van der Waals surface area contributed by atoms with Gasteiger partial charge in [-0.15, -0.1) is 6.42 Å². The summed E-state index contributed by atoms with van der Waals surface area (Å²) >= 11 is 0. The molecule has 0 unspecified atom stereocenters. The van der Waals surface area contributed by atoms with E-state index in [0.29, 0.717) is 11.4 Å². The number of hydrogen-bond acceptors (Lipinski definition) is 3. The molecule has 3 rings (SSSR count). The van der Waals surface area contributed by atoms with E-state index in [2.05, 4.69) is 15.9 Å². The van der Waals surface area contributed by atoms with E-state index in [1.54, 1.807) is 6.20 Å². The van der Waals surface area contributed by atoms with Crippen LogP contribution in [0.4, 0.5) is 5.82 Å². The van der Waals surface area contributed by atoms with Crippen molar-refractivity contribution in [2.24, 2.45) is 0 Å². The molecular formula is C16H15N3. The van der Waals surface area contributed by atoms with Crippen molar-refractivity contribution in [2.75, 3.05) is 5.73 Å². The largest absolute Gasteiger partial charge is 0.383 e.